The molecule has 1 amide bonds. The second-order valence-corrected chi connectivity index (χ2v) is 6.17. The van der Waals surface area contributed by atoms with Gasteiger partial charge in [0.15, 0.2) is 5.75 Å². The summed E-state index contributed by atoms with van der Waals surface area (Å²) in [5.41, 5.74) is 1.82. The van der Waals surface area contributed by atoms with E-state index in [9.17, 15) is 4.79 Å². The molecular formula is C18H15Cl2N3O2. The molecule has 0 aliphatic carbocycles. The number of benzene rings is 2. The van der Waals surface area contributed by atoms with Crippen LogP contribution in [0.5, 0.6) is 5.75 Å². The number of carbonyl (C=O) groups excluding carboxylic acids is 1. The van der Waals surface area contributed by atoms with Crippen LogP contribution in [-0.4, -0.2) is 22.4 Å². The first-order valence-electron chi connectivity index (χ1n) is 7.61. The van der Waals surface area contributed by atoms with Gasteiger partial charge in [-0.25, -0.2) is 9.48 Å². The van der Waals surface area contributed by atoms with Crippen LogP contribution in [0.3, 0.4) is 0 Å². The van der Waals surface area contributed by atoms with Crippen LogP contribution in [0, 0.1) is 0 Å². The quantitative estimate of drug-likeness (QED) is 0.713. The molecule has 0 spiro atoms. The van der Waals surface area contributed by atoms with Gasteiger partial charge in [-0.2, -0.15) is 5.10 Å². The Balaban J connectivity index is 1.51. The number of rotatable bonds is 5. The lowest BCUT2D eigenvalue weighted by atomic mass is 10.1. The maximum absolute atomic E-state index is 11.9. The first kappa shape index (κ1) is 17.3. The molecule has 0 saturated heterocycles. The highest BCUT2D eigenvalue weighted by Crippen LogP contribution is 2.17. The monoisotopic (exact) mass is 375 g/mol. The Hall–Kier alpha value is -2.50. The molecule has 3 rings (SSSR count). The number of aromatic nitrogens is 2. The van der Waals surface area contributed by atoms with Gasteiger partial charge in [0, 0.05) is 16.6 Å². The van der Waals surface area contributed by atoms with Crippen molar-refractivity contribution in [2.24, 2.45) is 0 Å². The highest BCUT2D eigenvalue weighted by molar-refractivity contribution is 6.31. The van der Waals surface area contributed by atoms with Gasteiger partial charge in [0.1, 0.15) is 0 Å². The van der Waals surface area contributed by atoms with Gasteiger partial charge >= 0.3 is 6.09 Å². The van der Waals surface area contributed by atoms with Crippen LogP contribution >= 0.6 is 23.2 Å². The summed E-state index contributed by atoms with van der Waals surface area (Å²) in [6.45, 7) is 0.446. The van der Waals surface area contributed by atoms with E-state index in [2.05, 4.69) is 10.4 Å². The highest BCUT2D eigenvalue weighted by atomic mass is 35.5. The molecule has 0 saturated carbocycles. The van der Waals surface area contributed by atoms with E-state index in [1.165, 1.54) is 6.20 Å². The molecule has 0 fully saturated rings. The third-order valence-electron chi connectivity index (χ3n) is 3.41. The number of nitrogens with zero attached hydrogens (tertiary/aromatic N) is 2. The molecule has 0 aliphatic heterocycles. The molecule has 25 heavy (non-hydrogen) atoms. The van der Waals surface area contributed by atoms with Crippen molar-refractivity contribution in [3.8, 4) is 11.4 Å². The highest BCUT2D eigenvalue weighted by Gasteiger charge is 2.07. The zero-order valence-corrected chi connectivity index (χ0v) is 14.7. The number of ether oxygens (including phenoxy) is 1. The molecule has 1 aromatic heterocycles. The van der Waals surface area contributed by atoms with Crippen molar-refractivity contribution in [1.29, 1.82) is 0 Å². The van der Waals surface area contributed by atoms with Crippen LogP contribution < -0.4 is 10.1 Å². The normalized spacial score (nSPS) is 10.5. The smallest absolute Gasteiger partial charge is 0.407 e. The summed E-state index contributed by atoms with van der Waals surface area (Å²) in [6.07, 6.45) is 3.21. The van der Waals surface area contributed by atoms with Gasteiger partial charge < -0.3 is 10.1 Å². The minimum atomic E-state index is -0.535. The van der Waals surface area contributed by atoms with Crippen LogP contribution in [0.25, 0.3) is 5.69 Å². The van der Waals surface area contributed by atoms with Crippen molar-refractivity contribution in [3.05, 3.63) is 76.5 Å². The Bertz CT molecular complexity index is 880. The van der Waals surface area contributed by atoms with Gasteiger partial charge in [-0.1, -0.05) is 41.4 Å². The topological polar surface area (TPSA) is 56.1 Å². The van der Waals surface area contributed by atoms with Crippen LogP contribution in [-0.2, 0) is 6.42 Å². The molecule has 3 aromatic rings. The Morgan fingerprint density at radius 2 is 1.88 bits per heavy atom. The Labute approximate surface area is 155 Å². The Morgan fingerprint density at radius 1 is 1.12 bits per heavy atom. The fraction of sp³-hybridized carbons (Fsp3) is 0.111. The second kappa shape index (κ2) is 8.05. The van der Waals surface area contributed by atoms with Crippen LogP contribution in [0.2, 0.25) is 10.0 Å². The van der Waals surface area contributed by atoms with Crippen LogP contribution in [0.15, 0.2) is 60.9 Å². The summed E-state index contributed by atoms with van der Waals surface area (Å²) < 4.78 is 6.80. The van der Waals surface area contributed by atoms with Gasteiger partial charge in [-0.05, 0) is 42.3 Å². The number of carbonyl (C=O) groups is 1. The van der Waals surface area contributed by atoms with Crippen molar-refractivity contribution in [1.82, 2.24) is 15.1 Å². The zero-order chi connectivity index (χ0) is 17.6. The average Bonchev–Trinajstić information content (AvgIpc) is 3.03. The summed E-state index contributed by atoms with van der Waals surface area (Å²) in [5.74, 6) is 0.347. The van der Waals surface area contributed by atoms with Gasteiger partial charge in [-0.3, -0.25) is 0 Å². The summed E-state index contributed by atoms with van der Waals surface area (Å²) in [4.78, 5) is 11.9. The lowest BCUT2D eigenvalue weighted by Crippen LogP contribution is -2.28. The van der Waals surface area contributed by atoms with Crippen molar-refractivity contribution in [3.63, 3.8) is 0 Å². The van der Waals surface area contributed by atoms with Crippen LogP contribution in [0.4, 0.5) is 4.79 Å². The average molecular weight is 376 g/mol. The Kier molecular flexibility index (Phi) is 5.58. The lowest BCUT2D eigenvalue weighted by molar-refractivity contribution is 0.200. The molecule has 2 aromatic carbocycles. The second-order valence-electron chi connectivity index (χ2n) is 5.30. The van der Waals surface area contributed by atoms with E-state index in [4.69, 9.17) is 27.9 Å². The number of hydrogen-bond acceptors (Lipinski definition) is 3. The van der Waals surface area contributed by atoms with E-state index in [0.717, 1.165) is 11.3 Å². The maximum atomic E-state index is 11.9. The largest absolute Gasteiger partial charge is 0.412 e. The molecule has 1 N–H and O–H groups in total. The third-order valence-corrected chi connectivity index (χ3v) is 3.88. The first-order chi connectivity index (χ1) is 12.1. The van der Waals surface area contributed by atoms with E-state index < -0.39 is 6.09 Å². The van der Waals surface area contributed by atoms with Gasteiger partial charge in [0.05, 0.1) is 18.1 Å². The van der Waals surface area contributed by atoms with E-state index in [1.807, 2.05) is 36.4 Å². The number of nitrogens with one attached hydrogen (secondary N) is 1. The van der Waals surface area contributed by atoms with E-state index in [-0.39, 0.29) is 0 Å². The third kappa shape index (κ3) is 4.98. The van der Waals surface area contributed by atoms with E-state index in [1.54, 1.807) is 23.0 Å². The molecule has 5 nitrogen and oxygen atoms in total. The molecule has 0 bridgehead atoms. The molecule has 128 valence electrons. The maximum Gasteiger partial charge on any atom is 0.412 e. The summed E-state index contributed by atoms with van der Waals surface area (Å²) in [5, 5.41) is 8.13. The molecule has 7 heteroatoms. The first-order valence-corrected chi connectivity index (χ1v) is 8.36. The molecule has 0 aliphatic rings. The van der Waals surface area contributed by atoms with Crippen molar-refractivity contribution >= 4 is 29.3 Å². The molecule has 0 atom stereocenters. The van der Waals surface area contributed by atoms with Crippen molar-refractivity contribution < 1.29 is 9.53 Å². The van der Waals surface area contributed by atoms with Gasteiger partial charge in [0.2, 0.25) is 0 Å². The minimum absolute atomic E-state index is 0.347. The van der Waals surface area contributed by atoms with E-state index in [0.29, 0.717) is 28.8 Å². The summed E-state index contributed by atoms with van der Waals surface area (Å²) >= 11 is 11.9. The number of hydrogen-bond donors (Lipinski definition) is 1. The van der Waals surface area contributed by atoms with Crippen molar-refractivity contribution in [2.45, 2.75) is 6.42 Å². The summed E-state index contributed by atoms with van der Waals surface area (Å²) in [7, 11) is 0. The fourth-order valence-electron chi connectivity index (χ4n) is 2.26. The standard InChI is InChI=1S/C18H15Cl2N3O2/c19-14-4-1-3-13(9-14)7-8-21-18(24)25-17-11-22-23(12-17)16-6-2-5-15(20)10-16/h1-6,9-12H,7-8H2,(H,21,24). The fourth-order valence-corrected chi connectivity index (χ4v) is 2.66. The zero-order valence-electron chi connectivity index (χ0n) is 13.2. The molecule has 1 heterocycles. The Morgan fingerprint density at radius 3 is 2.64 bits per heavy atom. The number of amides is 1. The predicted molar refractivity (Wildman–Crippen MR) is 97.8 cm³/mol. The van der Waals surface area contributed by atoms with Crippen LogP contribution in [0.1, 0.15) is 5.56 Å². The SMILES string of the molecule is O=C(NCCc1cccc(Cl)c1)Oc1cnn(-c2cccc(Cl)c2)c1. The number of halogens is 2. The summed E-state index contributed by atoms with van der Waals surface area (Å²) in [6, 6.07) is 14.7. The van der Waals surface area contributed by atoms with Gasteiger partial charge in [0.25, 0.3) is 0 Å². The van der Waals surface area contributed by atoms with Crippen molar-refractivity contribution in [2.75, 3.05) is 6.54 Å². The van der Waals surface area contributed by atoms with Gasteiger partial charge in [-0.15, -0.1) is 0 Å². The molecule has 0 unspecified atom stereocenters. The minimum Gasteiger partial charge on any atom is -0.407 e. The molecule has 0 radical (unpaired) electrons. The predicted octanol–water partition coefficient (Wildman–Crippen LogP) is 4.51. The lowest BCUT2D eigenvalue weighted by Gasteiger charge is -2.05. The van der Waals surface area contributed by atoms with E-state index >= 15 is 0 Å². The molecular weight excluding hydrogens is 361 g/mol.